The number of carbonyl (C=O) groups is 1. The van der Waals surface area contributed by atoms with Crippen LogP contribution in [-0.2, 0) is 6.42 Å². The number of aliphatic hydroxyl groups excluding tert-OH is 1. The van der Waals surface area contributed by atoms with Gasteiger partial charge in [-0.25, -0.2) is 4.98 Å². The zero-order valence-electron chi connectivity index (χ0n) is 14.1. The molecule has 4 rings (SSSR count). The molecule has 5 heteroatoms. The van der Waals surface area contributed by atoms with Crippen LogP contribution < -0.4 is 4.74 Å². The molecule has 5 nitrogen and oxygen atoms in total. The molecule has 0 unspecified atom stereocenters. The van der Waals surface area contributed by atoms with Crippen molar-refractivity contribution in [1.82, 2.24) is 9.38 Å². The van der Waals surface area contributed by atoms with Gasteiger partial charge >= 0.3 is 0 Å². The summed E-state index contributed by atoms with van der Waals surface area (Å²) in [6.45, 7) is 2.46. The van der Waals surface area contributed by atoms with Gasteiger partial charge in [0.1, 0.15) is 5.69 Å². The van der Waals surface area contributed by atoms with Crippen LogP contribution in [0.25, 0.3) is 5.65 Å². The van der Waals surface area contributed by atoms with Gasteiger partial charge < -0.3 is 9.84 Å². The monoisotopic (exact) mass is 336 g/mol. The molecule has 1 aromatic carbocycles. The van der Waals surface area contributed by atoms with Crippen molar-refractivity contribution < 1.29 is 14.6 Å². The van der Waals surface area contributed by atoms with Gasteiger partial charge in [0, 0.05) is 18.5 Å². The quantitative estimate of drug-likeness (QED) is 0.728. The number of ether oxygens (including phenoxy) is 1. The first-order valence-corrected chi connectivity index (χ1v) is 8.57. The summed E-state index contributed by atoms with van der Waals surface area (Å²) < 4.78 is 7.34. The number of carbonyl (C=O) groups excluding carboxylic acids is 1. The molecule has 0 spiro atoms. The van der Waals surface area contributed by atoms with Gasteiger partial charge in [0.15, 0.2) is 17.2 Å². The summed E-state index contributed by atoms with van der Waals surface area (Å²) in [6.07, 6.45) is 3.77. The van der Waals surface area contributed by atoms with Crippen LogP contribution in [0.4, 0.5) is 0 Å². The largest absolute Gasteiger partial charge is 0.490 e. The minimum absolute atomic E-state index is 0.0260. The van der Waals surface area contributed by atoms with E-state index in [0.29, 0.717) is 30.1 Å². The lowest BCUT2D eigenvalue weighted by Crippen LogP contribution is -2.18. The molecule has 0 bridgehead atoms. The number of aromatic nitrogens is 2. The van der Waals surface area contributed by atoms with Crippen molar-refractivity contribution in [1.29, 1.82) is 0 Å². The van der Waals surface area contributed by atoms with E-state index in [2.05, 4.69) is 4.98 Å². The highest BCUT2D eigenvalue weighted by Gasteiger charge is 2.33. The van der Waals surface area contributed by atoms with Gasteiger partial charge in [0.05, 0.1) is 18.9 Å². The molecule has 1 N–H and O–H groups in total. The standard InChI is InChI=1S/C20H20N2O3/c1-2-25-19-8-5-9-22-16(12-21-20(19)22)18(24)11-15-14-7-4-3-6-13(14)10-17(15)23/h3-9,12,15,17,23H,2,10-11H2,1H3/t15-,17+/m1/s1. The average molecular weight is 336 g/mol. The van der Waals surface area contributed by atoms with E-state index in [1.807, 2.05) is 49.5 Å². The Kier molecular flexibility index (Phi) is 4.01. The van der Waals surface area contributed by atoms with Crippen LogP contribution in [-0.4, -0.2) is 33.0 Å². The van der Waals surface area contributed by atoms with Crippen molar-refractivity contribution in [3.8, 4) is 5.75 Å². The molecule has 0 amide bonds. The summed E-state index contributed by atoms with van der Waals surface area (Å²) in [5, 5.41) is 10.4. The normalized spacial score (nSPS) is 19.1. The van der Waals surface area contributed by atoms with Gasteiger partial charge in [-0.3, -0.25) is 9.20 Å². The lowest BCUT2D eigenvalue weighted by Gasteiger charge is -2.15. The number of ketones is 1. The van der Waals surface area contributed by atoms with Crippen LogP contribution in [0, 0.1) is 0 Å². The zero-order chi connectivity index (χ0) is 17.4. The van der Waals surface area contributed by atoms with E-state index in [1.54, 1.807) is 10.6 Å². The minimum Gasteiger partial charge on any atom is -0.490 e. The highest BCUT2D eigenvalue weighted by Crippen LogP contribution is 2.36. The fourth-order valence-electron chi connectivity index (χ4n) is 3.67. The summed E-state index contributed by atoms with van der Waals surface area (Å²) in [5.41, 5.74) is 3.37. The van der Waals surface area contributed by atoms with Gasteiger partial charge in [-0.05, 0) is 36.6 Å². The third-order valence-corrected chi connectivity index (χ3v) is 4.84. The van der Waals surface area contributed by atoms with E-state index < -0.39 is 6.10 Å². The molecule has 25 heavy (non-hydrogen) atoms. The molecule has 2 atom stereocenters. The minimum atomic E-state index is -0.514. The molecular formula is C20H20N2O3. The number of imidazole rings is 1. The van der Waals surface area contributed by atoms with Crippen molar-refractivity contribution in [3.05, 3.63) is 65.6 Å². The Morgan fingerprint density at radius 2 is 2.16 bits per heavy atom. The Hall–Kier alpha value is -2.66. The molecule has 0 radical (unpaired) electrons. The number of aliphatic hydroxyl groups is 1. The Morgan fingerprint density at radius 3 is 3.00 bits per heavy atom. The Balaban J connectivity index is 1.64. The van der Waals surface area contributed by atoms with Gasteiger partial charge in [-0.15, -0.1) is 0 Å². The molecule has 128 valence electrons. The molecule has 1 aliphatic rings. The Morgan fingerprint density at radius 1 is 1.32 bits per heavy atom. The third-order valence-electron chi connectivity index (χ3n) is 4.84. The summed E-state index contributed by atoms with van der Waals surface area (Å²) in [4.78, 5) is 17.2. The second kappa shape index (κ2) is 6.33. The second-order valence-electron chi connectivity index (χ2n) is 6.35. The predicted molar refractivity (Wildman–Crippen MR) is 94.2 cm³/mol. The molecular weight excluding hydrogens is 316 g/mol. The number of hydrogen-bond donors (Lipinski definition) is 1. The van der Waals surface area contributed by atoms with Crippen LogP contribution in [0.2, 0.25) is 0 Å². The lowest BCUT2D eigenvalue weighted by molar-refractivity contribution is 0.0915. The van der Waals surface area contributed by atoms with E-state index in [0.717, 1.165) is 11.1 Å². The van der Waals surface area contributed by atoms with E-state index in [1.165, 1.54) is 0 Å². The first kappa shape index (κ1) is 15.8. The molecule has 0 saturated heterocycles. The summed E-state index contributed by atoms with van der Waals surface area (Å²) in [7, 11) is 0. The molecule has 0 fully saturated rings. The van der Waals surface area contributed by atoms with Crippen LogP contribution in [0.15, 0.2) is 48.8 Å². The number of pyridine rings is 1. The maximum Gasteiger partial charge on any atom is 0.181 e. The lowest BCUT2D eigenvalue weighted by atomic mass is 9.93. The molecule has 3 aromatic rings. The van der Waals surface area contributed by atoms with Crippen molar-refractivity contribution >= 4 is 11.4 Å². The fourth-order valence-corrected chi connectivity index (χ4v) is 3.67. The SMILES string of the molecule is CCOc1cccn2c(C(=O)C[C@@H]3c4ccccc4C[C@@H]3O)cnc12. The maximum atomic E-state index is 12.9. The summed E-state index contributed by atoms with van der Waals surface area (Å²) >= 11 is 0. The van der Waals surface area contributed by atoms with E-state index in [-0.39, 0.29) is 18.1 Å². The summed E-state index contributed by atoms with van der Waals surface area (Å²) in [5.74, 6) is 0.474. The number of hydrogen-bond acceptors (Lipinski definition) is 4. The van der Waals surface area contributed by atoms with Crippen molar-refractivity contribution in [2.45, 2.75) is 31.8 Å². The molecule has 1 aliphatic carbocycles. The Labute approximate surface area is 145 Å². The third kappa shape index (κ3) is 2.70. The Bertz CT molecular complexity index is 932. The molecule has 2 heterocycles. The van der Waals surface area contributed by atoms with Crippen molar-refractivity contribution in [2.24, 2.45) is 0 Å². The smallest absolute Gasteiger partial charge is 0.181 e. The number of nitrogens with zero attached hydrogens (tertiary/aromatic N) is 2. The zero-order valence-corrected chi connectivity index (χ0v) is 14.1. The van der Waals surface area contributed by atoms with E-state index >= 15 is 0 Å². The summed E-state index contributed by atoms with van der Waals surface area (Å²) in [6, 6.07) is 11.6. The number of benzene rings is 1. The van der Waals surface area contributed by atoms with Gasteiger partial charge in [-0.1, -0.05) is 24.3 Å². The van der Waals surface area contributed by atoms with Crippen LogP contribution in [0.1, 0.15) is 40.9 Å². The average Bonchev–Trinajstić information content (AvgIpc) is 3.18. The molecule has 0 saturated carbocycles. The highest BCUT2D eigenvalue weighted by atomic mass is 16.5. The number of rotatable bonds is 5. The van der Waals surface area contributed by atoms with Gasteiger partial charge in [0.25, 0.3) is 0 Å². The molecule has 0 aliphatic heterocycles. The topological polar surface area (TPSA) is 63.8 Å². The first-order chi connectivity index (χ1) is 12.2. The number of fused-ring (bicyclic) bond motifs is 2. The first-order valence-electron chi connectivity index (χ1n) is 8.57. The van der Waals surface area contributed by atoms with Crippen LogP contribution in [0.3, 0.4) is 0 Å². The van der Waals surface area contributed by atoms with Crippen LogP contribution in [0.5, 0.6) is 5.75 Å². The van der Waals surface area contributed by atoms with Crippen molar-refractivity contribution in [3.63, 3.8) is 0 Å². The molecule has 2 aromatic heterocycles. The number of Topliss-reactive ketones (excluding diaryl/α,β-unsaturated/α-hetero) is 1. The van der Waals surface area contributed by atoms with E-state index in [9.17, 15) is 9.90 Å². The predicted octanol–water partition coefficient (Wildman–Crippen LogP) is 3.01. The van der Waals surface area contributed by atoms with Crippen LogP contribution >= 0.6 is 0 Å². The van der Waals surface area contributed by atoms with Gasteiger partial charge in [0.2, 0.25) is 0 Å². The fraction of sp³-hybridized carbons (Fsp3) is 0.300. The van der Waals surface area contributed by atoms with Gasteiger partial charge in [-0.2, -0.15) is 0 Å². The maximum absolute atomic E-state index is 12.9. The highest BCUT2D eigenvalue weighted by molar-refractivity contribution is 5.96. The van der Waals surface area contributed by atoms with E-state index in [4.69, 9.17) is 4.74 Å². The second-order valence-corrected chi connectivity index (χ2v) is 6.35. The van der Waals surface area contributed by atoms with Crippen molar-refractivity contribution in [2.75, 3.05) is 6.61 Å².